The Morgan fingerprint density at radius 3 is 2.61 bits per heavy atom. The predicted octanol–water partition coefficient (Wildman–Crippen LogP) is 4.01. The van der Waals surface area contributed by atoms with Crippen LogP contribution in [0.3, 0.4) is 0 Å². The van der Waals surface area contributed by atoms with Gasteiger partial charge in [0.05, 0.1) is 6.61 Å². The molecular weight excluding hydrogens is 390 g/mol. The van der Waals surface area contributed by atoms with Gasteiger partial charge in [0, 0.05) is 42.3 Å². The van der Waals surface area contributed by atoms with Gasteiger partial charge < -0.3 is 20.7 Å². The molecule has 7 nitrogen and oxygen atoms in total. The Labute approximate surface area is 182 Å². The molecule has 3 aliphatic rings. The van der Waals surface area contributed by atoms with Crippen molar-refractivity contribution in [3.63, 3.8) is 0 Å². The van der Waals surface area contributed by atoms with Gasteiger partial charge in [-0.2, -0.15) is 9.97 Å². The molecule has 1 saturated heterocycles. The smallest absolute Gasteiger partial charge is 0.229 e. The summed E-state index contributed by atoms with van der Waals surface area (Å²) in [6.07, 6.45) is 5.80. The standard InChI is InChI=1S/C24H29N5O2/c1-2-31-16-11-9-15(10-12-16)19-20-17(7-6-8-18(20)30)26-23-21(19)22(25)27-24(28-23)29-13-4-3-5-14-29/h9-12,19H,2-8,13-14H2,1H3,(H3,25,26,27,28). The minimum atomic E-state index is -0.259. The minimum absolute atomic E-state index is 0.179. The fourth-order valence-electron chi connectivity index (χ4n) is 4.96. The van der Waals surface area contributed by atoms with Crippen LogP contribution in [0, 0.1) is 0 Å². The van der Waals surface area contributed by atoms with Crippen LogP contribution in [-0.2, 0) is 4.79 Å². The van der Waals surface area contributed by atoms with Gasteiger partial charge in [-0.15, -0.1) is 0 Å². The van der Waals surface area contributed by atoms with Crippen molar-refractivity contribution in [2.45, 2.75) is 51.4 Å². The van der Waals surface area contributed by atoms with E-state index in [1.165, 1.54) is 6.42 Å². The van der Waals surface area contributed by atoms with Crippen LogP contribution in [0.15, 0.2) is 35.5 Å². The molecule has 0 saturated carbocycles. The molecule has 1 fully saturated rings. The lowest BCUT2D eigenvalue weighted by molar-refractivity contribution is -0.116. The summed E-state index contributed by atoms with van der Waals surface area (Å²) < 4.78 is 5.61. The van der Waals surface area contributed by atoms with Gasteiger partial charge in [0.25, 0.3) is 0 Å². The summed E-state index contributed by atoms with van der Waals surface area (Å²) in [4.78, 5) is 24.8. The van der Waals surface area contributed by atoms with Crippen molar-refractivity contribution in [1.29, 1.82) is 0 Å². The lowest BCUT2D eigenvalue weighted by atomic mass is 9.76. The summed E-state index contributed by atoms with van der Waals surface area (Å²) in [6, 6.07) is 7.95. The van der Waals surface area contributed by atoms with Crippen LogP contribution in [0.2, 0.25) is 0 Å². The zero-order chi connectivity index (χ0) is 21.4. The molecule has 2 aromatic rings. The molecule has 31 heavy (non-hydrogen) atoms. The summed E-state index contributed by atoms with van der Waals surface area (Å²) in [5.41, 5.74) is 10.1. The molecule has 1 aromatic carbocycles. The molecule has 7 heteroatoms. The Hall–Kier alpha value is -3.09. The number of hydrogen-bond acceptors (Lipinski definition) is 7. The molecule has 5 rings (SSSR count). The predicted molar refractivity (Wildman–Crippen MR) is 121 cm³/mol. The highest BCUT2D eigenvalue weighted by Crippen LogP contribution is 2.47. The Kier molecular flexibility index (Phi) is 5.26. The second-order valence-electron chi connectivity index (χ2n) is 8.45. The lowest BCUT2D eigenvalue weighted by Gasteiger charge is -2.35. The van der Waals surface area contributed by atoms with E-state index in [-0.39, 0.29) is 11.7 Å². The zero-order valence-corrected chi connectivity index (χ0v) is 18.0. The number of nitrogens with zero attached hydrogens (tertiary/aromatic N) is 3. The molecule has 1 aromatic heterocycles. The van der Waals surface area contributed by atoms with E-state index in [4.69, 9.17) is 15.5 Å². The highest BCUT2D eigenvalue weighted by molar-refractivity contribution is 6.01. The van der Waals surface area contributed by atoms with E-state index in [0.717, 1.165) is 72.7 Å². The third-order valence-electron chi connectivity index (χ3n) is 6.43. The van der Waals surface area contributed by atoms with Crippen LogP contribution >= 0.6 is 0 Å². The first-order valence-corrected chi connectivity index (χ1v) is 11.3. The summed E-state index contributed by atoms with van der Waals surface area (Å²) >= 11 is 0. The van der Waals surface area contributed by atoms with E-state index in [2.05, 4.69) is 15.2 Å². The summed E-state index contributed by atoms with van der Waals surface area (Å²) in [6.45, 7) is 4.48. The fraction of sp³-hybridized carbons (Fsp3) is 0.458. The normalized spacial score (nSPS) is 20.7. The van der Waals surface area contributed by atoms with Crippen LogP contribution in [0.4, 0.5) is 17.6 Å². The first kappa shape index (κ1) is 19.8. The topological polar surface area (TPSA) is 93.4 Å². The highest BCUT2D eigenvalue weighted by atomic mass is 16.5. The molecule has 2 aliphatic heterocycles. The van der Waals surface area contributed by atoms with Crippen molar-refractivity contribution >= 4 is 23.4 Å². The van der Waals surface area contributed by atoms with Crippen molar-refractivity contribution < 1.29 is 9.53 Å². The van der Waals surface area contributed by atoms with Gasteiger partial charge in [0.15, 0.2) is 5.78 Å². The number of ketones is 1. The van der Waals surface area contributed by atoms with Gasteiger partial charge in [-0.1, -0.05) is 12.1 Å². The van der Waals surface area contributed by atoms with Gasteiger partial charge in [0.2, 0.25) is 5.95 Å². The second-order valence-corrected chi connectivity index (χ2v) is 8.45. The number of nitrogens with two attached hydrogens (primary N) is 1. The molecular formula is C24H29N5O2. The monoisotopic (exact) mass is 419 g/mol. The van der Waals surface area contributed by atoms with Crippen molar-refractivity contribution in [2.24, 2.45) is 0 Å². The van der Waals surface area contributed by atoms with E-state index in [9.17, 15) is 4.79 Å². The van der Waals surface area contributed by atoms with E-state index in [0.29, 0.717) is 24.8 Å². The lowest BCUT2D eigenvalue weighted by Crippen LogP contribution is -2.33. The molecule has 1 unspecified atom stereocenters. The van der Waals surface area contributed by atoms with Crippen LogP contribution in [0.25, 0.3) is 0 Å². The third kappa shape index (κ3) is 3.62. The van der Waals surface area contributed by atoms with Crippen molar-refractivity contribution in [1.82, 2.24) is 9.97 Å². The SMILES string of the molecule is CCOc1ccc(C2C3=C(CCCC3=O)Nc3nc(N4CCCCC4)nc(N)c32)cc1. The first-order chi connectivity index (χ1) is 15.2. The molecule has 162 valence electrons. The van der Waals surface area contributed by atoms with E-state index >= 15 is 0 Å². The van der Waals surface area contributed by atoms with E-state index < -0.39 is 0 Å². The van der Waals surface area contributed by atoms with Gasteiger partial charge >= 0.3 is 0 Å². The van der Waals surface area contributed by atoms with Crippen molar-refractivity contribution in [3.05, 3.63) is 46.7 Å². The molecule has 1 atom stereocenters. The first-order valence-electron chi connectivity index (χ1n) is 11.3. The number of anilines is 3. The number of Topliss-reactive ketones (excluding diaryl/α,β-unsaturated/α-hetero) is 1. The largest absolute Gasteiger partial charge is 0.494 e. The molecule has 0 spiro atoms. The number of hydrogen-bond donors (Lipinski definition) is 2. The zero-order valence-electron chi connectivity index (χ0n) is 18.0. The number of nitrogen functional groups attached to an aromatic ring is 1. The number of carbonyl (C=O) groups excluding carboxylic acids is 1. The van der Waals surface area contributed by atoms with Gasteiger partial charge in [-0.3, -0.25) is 4.79 Å². The average molecular weight is 420 g/mol. The molecule has 1 aliphatic carbocycles. The maximum Gasteiger partial charge on any atom is 0.229 e. The van der Waals surface area contributed by atoms with Crippen molar-refractivity contribution in [2.75, 3.05) is 35.6 Å². The quantitative estimate of drug-likeness (QED) is 0.773. The summed E-state index contributed by atoms with van der Waals surface area (Å²) in [5.74, 6) is 2.60. The number of nitrogens with one attached hydrogen (secondary N) is 1. The molecule has 3 N–H and O–H groups in total. The summed E-state index contributed by atoms with van der Waals surface area (Å²) in [5, 5.41) is 3.46. The van der Waals surface area contributed by atoms with Crippen LogP contribution in [0.5, 0.6) is 5.75 Å². The van der Waals surface area contributed by atoms with Crippen LogP contribution in [0.1, 0.15) is 62.5 Å². The van der Waals surface area contributed by atoms with Crippen LogP contribution in [-0.4, -0.2) is 35.4 Å². The number of benzene rings is 1. The van der Waals surface area contributed by atoms with Gasteiger partial charge in [-0.25, -0.2) is 0 Å². The van der Waals surface area contributed by atoms with E-state index in [1.54, 1.807) is 0 Å². The molecule has 0 amide bonds. The number of rotatable bonds is 4. The van der Waals surface area contributed by atoms with E-state index in [1.807, 2.05) is 31.2 Å². The second kappa shape index (κ2) is 8.21. The van der Waals surface area contributed by atoms with Crippen molar-refractivity contribution in [3.8, 4) is 5.75 Å². The Morgan fingerprint density at radius 1 is 1.10 bits per heavy atom. The Morgan fingerprint density at radius 2 is 1.87 bits per heavy atom. The molecule has 0 bridgehead atoms. The van der Waals surface area contributed by atoms with Gasteiger partial charge in [-0.05, 0) is 56.7 Å². The summed E-state index contributed by atoms with van der Waals surface area (Å²) in [7, 11) is 0. The molecule has 3 heterocycles. The van der Waals surface area contributed by atoms with Gasteiger partial charge in [0.1, 0.15) is 17.4 Å². The number of allylic oxidation sites excluding steroid dienone is 2. The number of piperidine rings is 1. The average Bonchev–Trinajstić information content (AvgIpc) is 2.79. The minimum Gasteiger partial charge on any atom is -0.494 e. The number of aromatic nitrogens is 2. The third-order valence-corrected chi connectivity index (χ3v) is 6.43. The van der Waals surface area contributed by atoms with Crippen LogP contribution < -0.4 is 20.7 Å². The highest BCUT2D eigenvalue weighted by Gasteiger charge is 2.38. The molecule has 0 radical (unpaired) electrons. The number of carbonyl (C=O) groups is 1. The Balaban J connectivity index is 1.61. The fourth-order valence-corrected chi connectivity index (χ4v) is 4.96. The maximum atomic E-state index is 13.0. The maximum absolute atomic E-state index is 13.0. The number of fused-ring (bicyclic) bond motifs is 1. The number of ether oxygens (including phenoxy) is 1. The Bertz CT molecular complexity index is 1030.